The number of H-pyrrole nitrogens is 1. The number of amides is 3. The third-order valence-corrected chi connectivity index (χ3v) is 2.67. The van der Waals surface area contributed by atoms with Crippen molar-refractivity contribution in [2.45, 2.75) is 0 Å². The van der Waals surface area contributed by atoms with Crippen LogP contribution in [0.3, 0.4) is 0 Å². The average molecular weight is 269 g/mol. The van der Waals surface area contributed by atoms with Gasteiger partial charge in [0.25, 0.3) is 5.91 Å². The first-order valence-electron chi connectivity index (χ1n) is 5.61. The summed E-state index contributed by atoms with van der Waals surface area (Å²) in [4.78, 5) is 25.3. The lowest BCUT2D eigenvalue weighted by atomic mass is 10.1. The fourth-order valence-electron chi connectivity index (χ4n) is 1.93. The van der Waals surface area contributed by atoms with Gasteiger partial charge in [-0.05, 0) is 17.7 Å². The Hall–Kier alpha value is -3.27. The number of aromatic amines is 1. The average Bonchev–Trinajstić information content (AvgIpc) is 2.72. The molecule has 0 aliphatic rings. The molecule has 0 fully saturated rings. The van der Waals surface area contributed by atoms with E-state index in [1.54, 1.807) is 24.3 Å². The Morgan fingerprint density at radius 3 is 2.70 bits per heavy atom. The molecular weight excluding hydrogens is 258 g/mol. The van der Waals surface area contributed by atoms with Crippen LogP contribution in [0.5, 0.6) is 0 Å². The van der Waals surface area contributed by atoms with Gasteiger partial charge in [-0.25, -0.2) is 4.79 Å². The number of hydrogen-bond acceptors (Lipinski definition) is 3. The maximum atomic E-state index is 11.5. The first kappa shape index (κ1) is 13.2. The van der Waals surface area contributed by atoms with Gasteiger partial charge < -0.3 is 16.5 Å². The SMILES string of the molecule is N#CC=Cc1ccc2c(C(N)=O)c(NC(N)=O)[nH]c2c1. The Labute approximate surface area is 113 Å². The Balaban J connectivity index is 2.61. The molecule has 0 saturated heterocycles. The van der Waals surface area contributed by atoms with Crippen molar-refractivity contribution >= 4 is 34.7 Å². The summed E-state index contributed by atoms with van der Waals surface area (Å²) in [7, 11) is 0. The molecule has 0 saturated carbocycles. The summed E-state index contributed by atoms with van der Waals surface area (Å²) < 4.78 is 0. The molecule has 3 amide bonds. The van der Waals surface area contributed by atoms with Crippen molar-refractivity contribution in [2.24, 2.45) is 11.5 Å². The highest BCUT2D eigenvalue weighted by Gasteiger charge is 2.17. The molecule has 0 radical (unpaired) electrons. The molecule has 2 rings (SSSR count). The standard InChI is InChI=1S/C13H11N5O2/c14-5-1-2-7-3-4-8-9(6-7)17-12(18-13(16)20)10(8)11(15)19/h1-4,6,17H,(H2,15,19)(H3,16,18,20). The monoisotopic (exact) mass is 269 g/mol. The largest absolute Gasteiger partial charge is 0.365 e. The number of hydrogen-bond donors (Lipinski definition) is 4. The van der Waals surface area contributed by atoms with Gasteiger partial charge in [-0.3, -0.25) is 10.1 Å². The van der Waals surface area contributed by atoms with Crippen LogP contribution in [-0.2, 0) is 0 Å². The van der Waals surface area contributed by atoms with E-state index in [4.69, 9.17) is 16.7 Å². The quantitative estimate of drug-likeness (QED) is 0.624. The number of aromatic nitrogens is 1. The molecular formula is C13H11N5O2. The number of carbonyl (C=O) groups excluding carboxylic acids is 2. The van der Waals surface area contributed by atoms with E-state index in [2.05, 4.69) is 10.3 Å². The molecule has 1 aromatic heterocycles. The number of rotatable bonds is 3. The van der Waals surface area contributed by atoms with E-state index in [9.17, 15) is 9.59 Å². The number of nitriles is 1. The topological polar surface area (TPSA) is 138 Å². The predicted octanol–water partition coefficient (Wildman–Crippen LogP) is 1.29. The normalized spacial score (nSPS) is 10.6. The van der Waals surface area contributed by atoms with E-state index in [0.29, 0.717) is 10.9 Å². The number of anilines is 1. The molecule has 7 nitrogen and oxygen atoms in total. The molecule has 0 unspecified atom stereocenters. The van der Waals surface area contributed by atoms with Crippen LogP contribution in [-0.4, -0.2) is 16.9 Å². The fraction of sp³-hybridized carbons (Fsp3) is 0. The molecule has 0 bridgehead atoms. The summed E-state index contributed by atoms with van der Waals surface area (Å²) in [5.41, 5.74) is 11.9. The lowest BCUT2D eigenvalue weighted by Crippen LogP contribution is -2.22. The zero-order valence-electron chi connectivity index (χ0n) is 10.3. The lowest BCUT2D eigenvalue weighted by Gasteiger charge is -2.00. The van der Waals surface area contributed by atoms with Crippen LogP contribution < -0.4 is 16.8 Å². The second kappa shape index (κ2) is 5.16. The number of fused-ring (bicyclic) bond motifs is 1. The Bertz CT molecular complexity index is 767. The molecule has 7 heteroatoms. The van der Waals surface area contributed by atoms with Gasteiger partial charge in [0, 0.05) is 17.0 Å². The summed E-state index contributed by atoms with van der Waals surface area (Å²) in [5, 5.41) is 11.4. The van der Waals surface area contributed by atoms with Gasteiger partial charge in [0.05, 0.1) is 11.6 Å². The maximum absolute atomic E-state index is 11.5. The van der Waals surface area contributed by atoms with Gasteiger partial charge >= 0.3 is 6.03 Å². The van der Waals surface area contributed by atoms with Crippen LogP contribution in [0.15, 0.2) is 24.3 Å². The second-order valence-corrected chi connectivity index (χ2v) is 4.00. The minimum absolute atomic E-state index is 0.154. The van der Waals surface area contributed by atoms with Gasteiger partial charge in [0.1, 0.15) is 5.82 Å². The molecule has 1 aromatic carbocycles. The van der Waals surface area contributed by atoms with E-state index in [-0.39, 0.29) is 11.4 Å². The number of primary amides is 2. The van der Waals surface area contributed by atoms with E-state index in [1.807, 2.05) is 6.07 Å². The zero-order valence-corrected chi connectivity index (χ0v) is 10.3. The number of urea groups is 1. The molecule has 2 aromatic rings. The highest BCUT2D eigenvalue weighted by molar-refractivity contribution is 6.13. The summed E-state index contributed by atoms with van der Waals surface area (Å²) >= 11 is 0. The van der Waals surface area contributed by atoms with E-state index >= 15 is 0 Å². The van der Waals surface area contributed by atoms with Gasteiger partial charge in [0.15, 0.2) is 0 Å². The van der Waals surface area contributed by atoms with Crippen LogP contribution in [0, 0.1) is 11.3 Å². The maximum Gasteiger partial charge on any atom is 0.317 e. The van der Waals surface area contributed by atoms with Crippen molar-refractivity contribution in [1.29, 1.82) is 5.26 Å². The van der Waals surface area contributed by atoms with Gasteiger partial charge in [-0.1, -0.05) is 12.1 Å². The predicted molar refractivity (Wildman–Crippen MR) is 74.7 cm³/mol. The van der Waals surface area contributed by atoms with Crippen molar-refractivity contribution in [3.63, 3.8) is 0 Å². The highest BCUT2D eigenvalue weighted by atomic mass is 16.2. The van der Waals surface area contributed by atoms with Crippen LogP contribution in [0.2, 0.25) is 0 Å². The fourth-order valence-corrected chi connectivity index (χ4v) is 1.93. The summed E-state index contributed by atoms with van der Waals surface area (Å²) in [6, 6.07) is 6.21. The summed E-state index contributed by atoms with van der Waals surface area (Å²) in [6.45, 7) is 0. The van der Waals surface area contributed by atoms with Crippen LogP contribution >= 0.6 is 0 Å². The van der Waals surface area contributed by atoms with Crippen molar-refractivity contribution < 1.29 is 9.59 Å². The third kappa shape index (κ3) is 2.44. The molecule has 0 spiro atoms. The van der Waals surface area contributed by atoms with Crippen molar-refractivity contribution in [3.05, 3.63) is 35.4 Å². The molecule has 0 aliphatic heterocycles. The van der Waals surface area contributed by atoms with Crippen molar-refractivity contribution in [1.82, 2.24) is 4.98 Å². The summed E-state index contributed by atoms with van der Waals surface area (Å²) in [6.07, 6.45) is 2.95. The van der Waals surface area contributed by atoms with E-state index < -0.39 is 11.9 Å². The number of allylic oxidation sites excluding steroid dienone is 1. The zero-order chi connectivity index (χ0) is 14.7. The Morgan fingerprint density at radius 2 is 2.10 bits per heavy atom. The number of nitrogens with one attached hydrogen (secondary N) is 2. The Morgan fingerprint density at radius 1 is 1.35 bits per heavy atom. The Kier molecular flexibility index (Phi) is 3.39. The number of nitrogens with zero attached hydrogens (tertiary/aromatic N) is 1. The van der Waals surface area contributed by atoms with Crippen LogP contribution in [0.1, 0.15) is 15.9 Å². The molecule has 1 heterocycles. The third-order valence-electron chi connectivity index (χ3n) is 2.67. The lowest BCUT2D eigenvalue weighted by molar-refractivity contribution is 0.100. The molecule has 0 atom stereocenters. The highest BCUT2D eigenvalue weighted by Crippen LogP contribution is 2.27. The first-order chi connectivity index (χ1) is 9.52. The molecule has 0 aliphatic carbocycles. The minimum Gasteiger partial charge on any atom is -0.365 e. The number of nitrogens with two attached hydrogens (primary N) is 2. The van der Waals surface area contributed by atoms with Gasteiger partial charge in [0.2, 0.25) is 0 Å². The van der Waals surface area contributed by atoms with Crippen LogP contribution in [0.25, 0.3) is 17.0 Å². The second-order valence-electron chi connectivity index (χ2n) is 4.00. The minimum atomic E-state index is -0.802. The molecule has 6 N–H and O–H groups in total. The molecule has 100 valence electrons. The summed E-state index contributed by atoms with van der Waals surface area (Å²) in [5.74, 6) is -0.526. The van der Waals surface area contributed by atoms with Crippen molar-refractivity contribution in [2.75, 3.05) is 5.32 Å². The van der Waals surface area contributed by atoms with E-state index in [0.717, 1.165) is 5.56 Å². The smallest absolute Gasteiger partial charge is 0.317 e. The molecule has 20 heavy (non-hydrogen) atoms. The van der Waals surface area contributed by atoms with Crippen molar-refractivity contribution in [3.8, 4) is 6.07 Å². The van der Waals surface area contributed by atoms with Crippen LogP contribution in [0.4, 0.5) is 10.6 Å². The number of carbonyl (C=O) groups is 2. The van der Waals surface area contributed by atoms with Gasteiger partial charge in [-0.15, -0.1) is 0 Å². The first-order valence-corrected chi connectivity index (χ1v) is 5.61. The van der Waals surface area contributed by atoms with Gasteiger partial charge in [-0.2, -0.15) is 5.26 Å². The number of benzene rings is 1. The van der Waals surface area contributed by atoms with E-state index in [1.165, 1.54) is 6.08 Å².